The van der Waals surface area contributed by atoms with Gasteiger partial charge in [-0.25, -0.2) is 8.42 Å². The molecule has 0 bridgehead atoms. The number of benzene rings is 1. The van der Waals surface area contributed by atoms with Crippen molar-refractivity contribution in [2.75, 3.05) is 38.5 Å². The van der Waals surface area contributed by atoms with Crippen molar-refractivity contribution in [3.05, 3.63) is 35.9 Å². The number of sulfone groups is 1. The fourth-order valence-corrected chi connectivity index (χ4v) is 5.15. The number of guanidine groups is 1. The summed E-state index contributed by atoms with van der Waals surface area (Å²) in [5.74, 6) is 1.31. The minimum Gasteiger partial charge on any atom is -0.373 e. The molecule has 0 spiro atoms. The molecule has 2 aliphatic heterocycles. The molecule has 1 aromatic carbocycles. The van der Waals surface area contributed by atoms with Crippen LogP contribution in [-0.2, 0) is 14.6 Å². The monoisotopic (exact) mass is 521 g/mol. The van der Waals surface area contributed by atoms with Crippen LogP contribution >= 0.6 is 24.0 Å². The second kappa shape index (κ2) is 9.75. The van der Waals surface area contributed by atoms with E-state index in [1.165, 1.54) is 5.56 Å². The van der Waals surface area contributed by atoms with Crippen LogP contribution in [-0.4, -0.2) is 62.6 Å². The molecule has 2 fully saturated rings. The van der Waals surface area contributed by atoms with E-state index in [1.807, 2.05) is 25.1 Å². The molecular formula is C20H32IN3O3S. The van der Waals surface area contributed by atoms with Gasteiger partial charge in [-0.15, -0.1) is 24.0 Å². The Morgan fingerprint density at radius 3 is 2.68 bits per heavy atom. The Hall–Kier alpha value is -0.870. The molecule has 0 saturated carbocycles. The first-order valence-corrected chi connectivity index (χ1v) is 11.4. The molecule has 0 amide bonds. The highest BCUT2D eigenvalue weighted by atomic mass is 127. The van der Waals surface area contributed by atoms with Crippen molar-refractivity contribution in [1.82, 2.24) is 10.2 Å². The fourth-order valence-electron chi connectivity index (χ4n) is 3.79. The van der Waals surface area contributed by atoms with Crippen molar-refractivity contribution in [2.45, 2.75) is 38.0 Å². The Morgan fingerprint density at radius 2 is 2.04 bits per heavy atom. The molecular weight excluding hydrogens is 489 g/mol. The fraction of sp³-hybridized carbons (Fsp3) is 0.650. The van der Waals surface area contributed by atoms with Gasteiger partial charge >= 0.3 is 0 Å². The van der Waals surface area contributed by atoms with Crippen LogP contribution in [0.3, 0.4) is 0 Å². The number of hydrogen-bond acceptors (Lipinski definition) is 4. The zero-order valence-corrected chi connectivity index (χ0v) is 20.1. The molecule has 2 atom stereocenters. The Morgan fingerprint density at radius 1 is 1.32 bits per heavy atom. The standard InChI is InChI=1S/C20H31N3O3S.HI/c1-4-21-19(23-11-13-27(24,25)20(2,3)15-23)22-14-17-10-12-26-18(17)16-8-6-5-7-9-16;/h5-9,17-18H,4,10-15H2,1-3H3,(H,21,22);1H. The summed E-state index contributed by atoms with van der Waals surface area (Å²) in [4.78, 5) is 6.95. The first-order chi connectivity index (χ1) is 12.8. The normalized spacial score (nSPS) is 26.5. The average Bonchev–Trinajstić information content (AvgIpc) is 3.10. The Kier molecular flexibility index (Phi) is 8.16. The highest BCUT2D eigenvalue weighted by Gasteiger charge is 2.41. The lowest BCUT2D eigenvalue weighted by Crippen LogP contribution is -2.57. The third kappa shape index (κ3) is 5.18. The molecule has 0 aromatic heterocycles. The number of ether oxygens (including phenoxy) is 1. The third-order valence-electron chi connectivity index (χ3n) is 5.50. The molecule has 28 heavy (non-hydrogen) atoms. The zero-order valence-electron chi connectivity index (χ0n) is 16.9. The van der Waals surface area contributed by atoms with Gasteiger partial charge in [-0.05, 0) is 32.8 Å². The molecule has 2 aliphatic rings. The second-order valence-electron chi connectivity index (χ2n) is 7.95. The SMILES string of the molecule is CCNC(=NCC1CCOC1c1ccccc1)N1CCS(=O)(=O)C(C)(C)C1.I. The number of halogens is 1. The molecule has 3 rings (SSSR count). The summed E-state index contributed by atoms with van der Waals surface area (Å²) in [5, 5.41) is 3.34. The quantitative estimate of drug-likeness (QED) is 0.375. The summed E-state index contributed by atoms with van der Waals surface area (Å²) < 4.78 is 29.8. The van der Waals surface area contributed by atoms with Crippen LogP contribution < -0.4 is 5.32 Å². The highest BCUT2D eigenvalue weighted by molar-refractivity contribution is 14.0. The smallest absolute Gasteiger partial charge is 0.194 e. The molecule has 158 valence electrons. The van der Waals surface area contributed by atoms with Crippen molar-refractivity contribution in [3.8, 4) is 0 Å². The van der Waals surface area contributed by atoms with Crippen molar-refractivity contribution in [1.29, 1.82) is 0 Å². The first-order valence-electron chi connectivity index (χ1n) is 9.76. The van der Waals surface area contributed by atoms with Crippen molar-refractivity contribution < 1.29 is 13.2 Å². The van der Waals surface area contributed by atoms with Crippen LogP contribution in [0.4, 0.5) is 0 Å². The van der Waals surface area contributed by atoms with Crippen molar-refractivity contribution >= 4 is 39.8 Å². The predicted octanol–water partition coefficient (Wildman–Crippen LogP) is 2.86. The molecule has 0 aliphatic carbocycles. The van der Waals surface area contributed by atoms with E-state index >= 15 is 0 Å². The van der Waals surface area contributed by atoms with Gasteiger partial charge in [0, 0.05) is 38.7 Å². The lowest BCUT2D eigenvalue weighted by atomic mass is 9.95. The topological polar surface area (TPSA) is 71.0 Å². The maximum absolute atomic E-state index is 12.3. The lowest BCUT2D eigenvalue weighted by Gasteiger charge is -2.39. The number of nitrogens with one attached hydrogen (secondary N) is 1. The molecule has 2 heterocycles. The molecule has 2 saturated heterocycles. The highest BCUT2D eigenvalue weighted by Crippen LogP contribution is 2.34. The summed E-state index contributed by atoms with van der Waals surface area (Å²) in [6.07, 6.45) is 1.07. The van der Waals surface area contributed by atoms with Crippen LogP contribution in [0.25, 0.3) is 0 Å². The van der Waals surface area contributed by atoms with E-state index in [2.05, 4.69) is 22.3 Å². The minimum atomic E-state index is -3.06. The van der Waals surface area contributed by atoms with Crippen LogP contribution in [0.15, 0.2) is 35.3 Å². The largest absolute Gasteiger partial charge is 0.373 e. The van der Waals surface area contributed by atoms with Gasteiger partial charge in [0.05, 0.1) is 16.6 Å². The van der Waals surface area contributed by atoms with E-state index in [0.717, 1.165) is 25.5 Å². The average molecular weight is 521 g/mol. The van der Waals surface area contributed by atoms with E-state index in [4.69, 9.17) is 9.73 Å². The Balaban J connectivity index is 0.00000280. The maximum atomic E-state index is 12.3. The van der Waals surface area contributed by atoms with Gasteiger partial charge in [-0.3, -0.25) is 4.99 Å². The molecule has 1 N–H and O–H groups in total. The van der Waals surface area contributed by atoms with Crippen molar-refractivity contribution in [3.63, 3.8) is 0 Å². The van der Waals surface area contributed by atoms with E-state index in [9.17, 15) is 8.42 Å². The number of nitrogens with zero attached hydrogens (tertiary/aromatic N) is 2. The van der Waals surface area contributed by atoms with Crippen molar-refractivity contribution in [2.24, 2.45) is 10.9 Å². The zero-order chi connectivity index (χ0) is 19.5. The summed E-state index contributed by atoms with van der Waals surface area (Å²) in [6.45, 7) is 8.77. The Labute approximate surface area is 186 Å². The third-order valence-corrected chi connectivity index (χ3v) is 8.03. The number of rotatable bonds is 4. The van der Waals surface area contributed by atoms with Gasteiger partial charge in [-0.2, -0.15) is 0 Å². The number of aliphatic imine (C=N–C) groups is 1. The Bertz CT molecular complexity index is 768. The second-order valence-corrected chi connectivity index (χ2v) is 10.7. The summed E-state index contributed by atoms with van der Waals surface area (Å²) in [6, 6.07) is 10.3. The molecule has 8 heteroatoms. The molecule has 1 aromatic rings. The maximum Gasteiger partial charge on any atom is 0.194 e. The summed E-state index contributed by atoms with van der Waals surface area (Å²) >= 11 is 0. The van der Waals surface area contributed by atoms with Gasteiger partial charge in [0.15, 0.2) is 15.8 Å². The van der Waals surface area contributed by atoms with Crippen LogP contribution in [0.2, 0.25) is 0 Å². The van der Waals surface area contributed by atoms with Crippen LogP contribution in [0.1, 0.15) is 38.9 Å². The van der Waals surface area contributed by atoms with Crippen LogP contribution in [0, 0.1) is 5.92 Å². The van der Waals surface area contributed by atoms with E-state index in [-0.39, 0.29) is 35.8 Å². The van der Waals surface area contributed by atoms with Gasteiger partial charge in [0.1, 0.15) is 0 Å². The number of hydrogen-bond donors (Lipinski definition) is 1. The molecule has 2 unspecified atom stereocenters. The van der Waals surface area contributed by atoms with Gasteiger partial charge in [-0.1, -0.05) is 30.3 Å². The molecule has 6 nitrogen and oxygen atoms in total. The minimum absolute atomic E-state index is 0. The summed E-state index contributed by atoms with van der Waals surface area (Å²) in [7, 11) is -3.06. The predicted molar refractivity (Wildman–Crippen MR) is 124 cm³/mol. The lowest BCUT2D eigenvalue weighted by molar-refractivity contribution is 0.0925. The molecule has 0 radical (unpaired) electrons. The van der Waals surface area contributed by atoms with Gasteiger partial charge < -0.3 is 15.0 Å². The van der Waals surface area contributed by atoms with E-state index < -0.39 is 14.6 Å². The van der Waals surface area contributed by atoms with Gasteiger partial charge in [0.25, 0.3) is 0 Å². The van der Waals surface area contributed by atoms with E-state index in [1.54, 1.807) is 13.8 Å². The summed E-state index contributed by atoms with van der Waals surface area (Å²) in [5.41, 5.74) is 1.20. The van der Waals surface area contributed by atoms with Gasteiger partial charge in [0.2, 0.25) is 0 Å². The van der Waals surface area contributed by atoms with E-state index in [0.29, 0.717) is 25.6 Å². The first kappa shape index (κ1) is 23.4. The van der Waals surface area contributed by atoms with Crippen LogP contribution in [0.5, 0.6) is 0 Å².